The third-order valence-electron chi connectivity index (χ3n) is 3.68. The number of aromatic amines is 1. The van der Waals surface area contributed by atoms with Gasteiger partial charge in [-0.15, -0.1) is 0 Å². The van der Waals surface area contributed by atoms with Gasteiger partial charge in [-0.1, -0.05) is 30.3 Å². The van der Waals surface area contributed by atoms with E-state index in [1.54, 1.807) is 0 Å². The van der Waals surface area contributed by atoms with Crippen molar-refractivity contribution in [2.75, 3.05) is 0 Å². The van der Waals surface area contributed by atoms with Gasteiger partial charge in [0.05, 0.1) is 11.6 Å². The van der Waals surface area contributed by atoms with Gasteiger partial charge >= 0.3 is 5.97 Å². The Morgan fingerprint density at radius 3 is 2.75 bits per heavy atom. The second-order valence-corrected chi connectivity index (χ2v) is 4.98. The van der Waals surface area contributed by atoms with Gasteiger partial charge in [0, 0.05) is 11.1 Å². The minimum absolute atomic E-state index is 0.222. The molecular weight excluding hydrogens is 256 g/mol. The Kier molecular flexibility index (Phi) is 3.10. The molecule has 1 aliphatic rings. The lowest BCUT2D eigenvalue weighted by atomic mass is 9.87. The summed E-state index contributed by atoms with van der Waals surface area (Å²) in [6, 6.07) is 9.43. The first-order chi connectivity index (χ1) is 9.65. The molecule has 1 aliphatic carbocycles. The molecule has 5 nitrogen and oxygen atoms in total. The number of hydrogen-bond donors (Lipinski definition) is 2. The number of benzene rings is 1. The van der Waals surface area contributed by atoms with E-state index in [4.69, 9.17) is 5.11 Å². The fourth-order valence-electron chi connectivity index (χ4n) is 2.56. The average molecular weight is 270 g/mol. The van der Waals surface area contributed by atoms with Gasteiger partial charge in [-0.2, -0.15) is 0 Å². The van der Waals surface area contributed by atoms with Crippen molar-refractivity contribution in [3.63, 3.8) is 0 Å². The number of hydrogen-bond acceptors (Lipinski definition) is 3. The number of nitrogens with one attached hydrogen (secondary N) is 1. The molecule has 20 heavy (non-hydrogen) atoms. The molecule has 1 atom stereocenters. The molecule has 1 heterocycles. The lowest BCUT2D eigenvalue weighted by Gasteiger charge is -2.20. The Labute approximate surface area is 115 Å². The summed E-state index contributed by atoms with van der Waals surface area (Å²) in [5, 5.41) is 9.05. The molecule has 0 spiro atoms. The van der Waals surface area contributed by atoms with E-state index in [9.17, 15) is 9.59 Å². The van der Waals surface area contributed by atoms with E-state index in [2.05, 4.69) is 9.97 Å². The standard InChI is InChI=1S/C15H14N2O3/c18-14-11-8-10(15(19)20)6-7-12(11)16-13(17-14)9-4-2-1-3-5-9/h1-5,10H,6-8H2,(H,19,20)(H,16,17,18). The summed E-state index contributed by atoms with van der Waals surface area (Å²) in [5.74, 6) is -0.779. The van der Waals surface area contributed by atoms with Crippen LogP contribution in [-0.2, 0) is 17.6 Å². The fraction of sp³-hybridized carbons (Fsp3) is 0.267. The SMILES string of the molecule is O=C(O)C1CCc2nc(-c3ccccc3)[nH]c(=O)c2C1. The van der Waals surface area contributed by atoms with E-state index in [-0.39, 0.29) is 12.0 Å². The lowest BCUT2D eigenvalue weighted by Crippen LogP contribution is -2.29. The first kappa shape index (κ1) is 12.6. The van der Waals surface area contributed by atoms with Crippen LogP contribution in [0.2, 0.25) is 0 Å². The summed E-state index contributed by atoms with van der Waals surface area (Å²) in [6.45, 7) is 0. The van der Waals surface area contributed by atoms with Gasteiger partial charge in [0.25, 0.3) is 5.56 Å². The van der Waals surface area contributed by atoms with E-state index in [0.717, 1.165) is 11.3 Å². The van der Waals surface area contributed by atoms with Crippen LogP contribution in [0.15, 0.2) is 35.1 Å². The maximum Gasteiger partial charge on any atom is 0.306 e. The number of rotatable bonds is 2. The van der Waals surface area contributed by atoms with Gasteiger partial charge in [-0.05, 0) is 19.3 Å². The normalized spacial score (nSPS) is 17.5. The van der Waals surface area contributed by atoms with Crippen LogP contribution in [0, 0.1) is 5.92 Å². The van der Waals surface area contributed by atoms with E-state index < -0.39 is 11.9 Å². The quantitative estimate of drug-likeness (QED) is 0.868. The first-order valence-electron chi connectivity index (χ1n) is 6.55. The van der Waals surface area contributed by atoms with Crippen molar-refractivity contribution in [2.24, 2.45) is 5.92 Å². The molecule has 0 radical (unpaired) electrons. The topological polar surface area (TPSA) is 83.0 Å². The van der Waals surface area contributed by atoms with Crippen LogP contribution in [0.25, 0.3) is 11.4 Å². The first-order valence-corrected chi connectivity index (χ1v) is 6.55. The maximum absolute atomic E-state index is 12.1. The molecule has 0 amide bonds. The largest absolute Gasteiger partial charge is 0.481 e. The van der Waals surface area contributed by atoms with Crippen LogP contribution in [0.5, 0.6) is 0 Å². The Balaban J connectivity index is 2.03. The monoisotopic (exact) mass is 270 g/mol. The molecule has 0 aliphatic heterocycles. The Hall–Kier alpha value is -2.43. The molecule has 1 aromatic heterocycles. The Morgan fingerprint density at radius 1 is 1.30 bits per heavy atom. The zero-order chi connectivity index (χ0) is 14.1. The van der Waals surface area contributed by atoms with Crippen molar-refractivity contribution in [2.45, 2.75) is 19.3 Å². The van der Waals surface area contributed by atoms with E-state index in [1.165, 1.54) is 0 Å². The molecule has 1 aromatic carbocycles. The molecule has 0 bridgehead atoms. The molecule has 5 heteroatoms. The summed E-state index contributed by atoms with van der Waals surface area (Å²) in [4.78, 5) is 30.4. The number of H-pyrrole nitrogens is 1. The molecule has 0 fully saturated rings. The molecule has 0 saturated carbocycles. The fourth-order valence-corrected chi connectivity index (χ4v) is 2.56. The van der Waals surface area contributed by atoms with Crippen molar-refractivity contribution in [1.29, 1.82) is 0 Å². The Morgan fingerprint density at radius 2 is 2.05 bits per heavy atom. The van der Waals surface area contributed by atoms with Crippen LogP contribution in [0.4, 0.5) is 0 Å². The second kappa shape index (κ2) is 4.92. The predicted octanol–water partition coefficient (Wildman–Crippen LogP) is 1.63. The molecule has 2 aromatic rings. The minimum Gasteiger partial charge on any atom is -0.481 e. The van der Waals surface area contributed by atoms with E-state index in [1.807, 2.05) is 30.3 Å². The average Bonchev–Trinajstić information content (AvgIpc) is 2.47. The number of aryl methyl sites for hydroxylation is 1. The summed E-state index contributed by atoms with van der Waals surface area (Å²) in [6.07, 6.45) is 1.34. The van der Waals surface area contributed by atoms with Crippen LogP contribution < -0.4 is 5.56 Å². The third kappa shape index (κ3) is 2.22. The smallest absolute Gasteiger partial charge is 0.306 e. The van der Waals surface area contributed by atoms with Crippen LogP contribution in [-0.4, -0.2) is 21.0 Å². The number of aliphatic carboxylic acids is 1. The molecular formula is C15H14N2O3. The zero-order valence-electron chi connectivity index (χ0n) is 10.8. The molecule has 1 unspecified atom stereocenters. The van der Waals surface area contributed by atoms with Crippen molar-refractivity contribution < 1.29 is 9.90 Å². The highest BCUT2D eigenvalue weighted by Gasteiger charge is 2.27. The second-order valence-electron chi connectivity index (χ2n) is 4.98. The van der Waals surface area contributed by atoms with Crippen LogP contribution in [0.1, 0.15) is 17.7 Å². The summed E-state index contributed by atoms with van der Waals surface area (Å²) in [5.41, 5.74) is 1.88. The van der Waals surface area contributed by atoms with Crippen molar-refractivity contribution in [3.8, 4) is 11.4 Å². The van der Waals surface area contributed by atoms with Gasteiger partial charge in [-0.25, -0.2) is 4.98 Å². The molecule has 102 valence electrons. The summed E-state index contributed by atoms with van der Waals surface area (Å²) in [7, 11) is 0. The van der Waals surface area contributed by atoms with E-state index in [0.29, 0.717) is 24.2 Å². The highest BCUT2D eigenvalue weighted by molar-refractivity contribution is 5.71. The Bertz CT molecular complexity index is 707. The summed E-state index contributed by atoms with van der Waals surface area (Å²) < 4.78 is 0. The van der Waals surface area contributed by atoms with Crippen LogP contribution >= 0.6 is 0 Å². The van der Waals surface area contributed by atoms with Gasteiger partial charge in [0.15, 0.2) is 0 Å². The highest BCUT2D eigenvalue weighted by Crippen LogP contribution is 2.23. The lowest BCUT2D eigenvalue weighted by molar-refractivity contribution is -0.142. The van der Waals surface area contributed by atoms with Crippen molar-refractivity contribution in [3.05, 3.63) is 51.9 Å². The highest BCUT2D eigenvalue weighted by atomic mass is 16.4. The van der Waals surface area contributed by atoms with Gasteiger partial charge in [-0.3, -0.25) is 9.59 Å². The number of fused-ring (bicyclic) bond motifs is 1. The van der Waals surface area contributed by atoms with Gasteiger partial charge in [0.1, 0.15) is 5.82 Å². The van der Waals surface area contributed by atoms with Crippen LogP contribution in [0.3, 0.4) is 0 Å². The number of carboxylic acid groups (broad SMARTS) is 1. The van der Waals surface area contributed by atoms with E-state index >= 15 is 0 Å². The third-order valence-corrected chi connectivity index (χ3v) is 3.68. The zero-order valence-corrected chi connectivity index (χ0v) is 10.8. The summed E-state index contributed by atoms with van der Waals surface area (Å²) >= 11 is 0. The molecule has 0 saturated heterocycles. The predicted molar refractivity (Wildman–Crippen MR) is 73.4 cm³/mol. The van der Waals surface area contributed by atoms with Crippen molar-refractivity contribution in [1.82, 2.24) is 9.97 Å². The number of carboxylic acids is 1. The number of nitrogens with zero attached hydrogens (tertiary/aromatic N) is 1. The minimum atomic E-state index is -0.845. The van der Waals surface area contributed by atoms with Crippen molar-refractivity contribution >= 4 is 5.97 Å². The molecule has 2 N–H and O–H groups in total. The van der Waals surface area contributed by atoms with Gasteiger partial charge in [0.2, 0.25) is 0 Å². The van der Waals surface area contributed by atoms with Gasteiger partial charge < -0.3 is 10.1 Å². The number of aromatic nitrogens is 2. The molecule has 3 rings (SSSR count). The number of carbonyl (C=O) groups is 1. The maximum atomic E-state index is 12.1.